The molecule has 9 heteroatoms. The van der Waals surface area contributed by atoms with Crippen LogP contribution in [0.4, 0.5) is 28.9 Å². The number of imidazole rings is 1. The molecule has 0 aliphatic heterocycles. The number of carbonyl (C=O) groups excluding carboxylic acids is 1. The number of hydrogen-bond acceptors (Lipinski definition) is 3. The molecular weight excluding hydrogens is 364 g/mol. The molecule has 0 aliphatic carbocycles. The SMILES string of the molecule is Cc1ccc(NC(=O)c2[nH]c(C(F)(F)F)nc2-c2ccc(F)cc2)cc1N. The van der Waals surface area contributed by atoms with Crippen molar-refractivity contribution >= 4 is 17.3 Å². The lowest BCUT2D eigenvalue weighted by Crippen LogP contribution is -2.14. The van der Waals surface area contributed by atoms with Gasteiger partial charge in [0.05, 0.1) is 0 Å². The third-order valence-corrected chi connectivity index (χ3v) is 3.85. The lowest BCUT2D eigenvalue weighted by atomic mass is 10.1. The summed E-state index contributed by atoms with van der Waals surface area (Å²) in [5.41, 5.74) is 6.84. The number of nitrogens with zero attached hydrogens (tertiary/aromatic N) is 1. The van der Waals surface area contributed by atoms with Gasteiger partial charge in [-0.2, -0.15) is 13.2 Å². The van der Waals surface area contributed by atoms with Gasteiger partial charge in [-0.15, -0.1) is 0 Å². The number of nitrogens with two attached hydrogens (primary N) is 1. The number of halogens is 4. The number of nitrogen functional groups attached to an aromatic ring is 1. The van der Waals surface area contributed by atoms with Crippen molar-refractivity contribution in [1.29, 1.82) is 0 Å². The zero-order valence-electron chi connectivity index (χ0n) is 14.0. The van der Waals surface area contributed by atoms with E-state index in [2.05, 4.69) is 10.3 Å². The largest absolute Gasteiger partial charge is 0.449 e. The van der Waals surface area contributed by atoms with Crippen LogP contribution in [0.15, 0.2) is 42.5 Å². The van der Waals surface area contributed by atoms with E-state index in [1.54, 1.807) is 19.1 Å². The summed E-state index contributed by atoms with van der Waals surface area (Å²) in [6.07, 6.45) is -4.78. The van der Waals surface area contributed by atoms with Crippen molar-refractivity contribution in [3.8, 4) is 11.3 Å². The molecule has 3 aromatic rings. The van der Waals surface area contributed by atoms with Crippen LogP contribution in [0.2, 0.25) is 0 Å². The zero-order valence-corrected chi connectivity index (χ0v) is 14.0. The van der Waals surface area contributed by atoms with Gasteiger partial charge in [-0.3, -0.25) is 4.79 Å². The molecule has 27 heavy (non-hydrogen) atoms. The molecule has 1 heterocycles. The normalized spacial score (nSPS) is 11.4. The van der Waals surface area contributed by atoms with E-state index in [-0.39, 0.29) is 11.3 Å². The van der Waals surface area contributed by atoms with Crippen LogP contribution in [0, 0.1) is 12.7 Å². The Morgan fingerprint density at radius 2 is 1.81 bits per heavy atom. The molecule has 0 atom stereocenters. The number of amides is 1. The van der Waals surface area contributed by atoms with Gasteiger partial charge in [-0.05, 0) is 48.9 Å². The molecule has 140 valence electrons. The van der Waals surface area contributed by atoms with Gasteiger partial charge in [0.1, 0.15) is 17.2 Å². The highest BCUT2D eigenvalue weighted by Crippen LogP contribution is 2.31. The number of aromatic nitrogens is 2. The smallest absolute Gasteiger partial charge is 0.398 e. The third-order valence-electron chi connectivity index (χ3n) is 3.85. The first-order chi connectivity index (χ1) is 12.6. The quantitative estimate of drug-likeness (QED) is 0.467. The van der Waals surface area contributed by atoms with Crippen LogP contribution < -0.4 is 11.1 Å². The van der Waals surface area contributed by atoms with Crippen molar-refractivity contribution in [2.45, 2.75) is 13.1 Å². The minimum atomic E-state index is -4.78. The van der Waals surface area contributed by atoms with Crippen LogP contribution in [0.1, 0.15) is 21.9 Å². The van der Waals surface area contributed by atoms with E-state index < -0.39 is 29.4 Å². The van der Waals surface area contributed by atoms with Crippen molar-refractivity contribution in [2.24, 2.45) is 0 Å². The van der Waals surface area contributed by atoms with E-state index in [4.69, 9.17) is 5.73 Å². The van der Waals surface area contributed by atoms with E-state index in [0.29, 0.717) is 11.4 Å². The number of nitrogens with one attached hydrogen (secondary N) is 2. The number of H-pyrrole nitrogens is 1. The molecule has 1 amide bonds. The van der Waals surface area contributed by atoms with E-state index in [0.717, 1.165) is 17.7 Å². The second-order valence-electron chi connectivity index (χ2n) is 5.84. The Hall–Kier alpha value is -3.36. The van der Waals surface area contributed by atoms with Gasteiger partial charge in [0, 0.05) is 16.9 Å². The van der Waals surface area contributed by atoms with E-state index in [1.165, 1.54) is 18.2 Å². The average molecular weight is 378 g/mol. The first kappa shape index (κ1) is 18.4. The predicted molar refractivity (Wildman–Crippen MR) is 92.5 cm³/mol. The number of rotatable bonds is 3. The van der Waals surface area contributed by atoms with Crippen LogP contribution >= 0.6 is 0 Å². The standard InChI is InChI=1S/C18H14F4N4O/c1-9-2-7-12(8-13(9)23)24-16(27)15-14(10-3-5-11(19)6-4-10)25-17(26-15)18(20,21)22/h2-8H,23H2,1H3,(H,24,27)(H,25,26). The molecule has 5 nitrogen and oxygen atoms in total. The fourth-order valence-corrected chi connectivity index (χ4v) is 2.40. The molecule has 0 bridgehead atoms. The van der Waals surface area contributed by atoms with Crippen LogP contribution in [0.3, 0.4) is 0 Å². The van der Waals surface area contributed by atoms with E-state index in [9.17, 15) is 22.4 Å². The van der Waals surface area contributed by atoms with Crippen molar-refractivity contribution in [1.82, 2.24) is 9.97 Å². The lowest BCUT2D eigenvalue weighted by molar-refractivity contribution is -0.144. The maximum Gasteiger partial charge on any atom is 0.449 e. The molecule has 0 radical (unpaired) electrons. The van der Waals surface area contributed by atoms with Crippen molar-refractivity contribution in [3.05, 3.63) is 65.4 Å². The molecule has 0 saturated carbocycles. The number of alkyl halides is 3. The van der Waals surface area contributed by atoms with Gasteiger partial charge < -0.3 is 16.0 Å². The molecule has 0 saturated heterocycles. The molecule has 0 aliphatic rings. The molecule has 3 rings (SSSR count). The van der Waals surface area contributed by atoms with Crippen molar-refractivity contribution in [3.63, 3.8) is 0 Å². The minimum absolute atomic E-state index is 0.164. The van der Waals surface area contributed by atoms with Crippen LogP contribution in [-0.4, -0.2) is 15.9 Å². The molecule has 4 N–H and O–H groups in total. The Morgan fingerprint density at radius 3 is 2.41 bits per heavy atom. The van der Waals surface area contributed by atoms with E-state index in [1.807, 2.05) is 4.98 Å². The first-order valence-corrected chi connectivity index (χ1v) is 7.76. The number of benzene rings is 2. The molecule has 2 aromatic carbocycles. The molecule has 0 fully saturated rings. The Labute approximate surface area is 151 Å². The number of aryl methyl sites for hydroxylation is 1. The molecule has 0 spiro atoms. The Bertz CT molecular complexity index is 994. The lowest BCUT2D eigenvalue weighted by Gasteiger charge is -2.08. The second kappa shape index (κ2) is 6.75. The maximum atomic E-state index is 13.1. The molecule has 1 aromatic heterocycles. The summed E-state index contributed by atoms with van der Waals surface area (Å²) >= 11 is 0. The van der Waals surface area contributed by atoms with Gasteiger partial charge >= 0.3 is 6.18 Å². The fraction of sp³-hybridized carbons (Fsp3) is 0.111. The number of carbonyl (C=O) groups is 1. The summed E-state index contributed by atoms with van der Waals surface area (Å²) in [6.45, 7) is 1.78. The summed E-state index contributed by atoms with van der Waals surface area (Å²) in [7, 11) is 0. The summed E-state index contributed by atoms with van der Waals surface area (Å²) in [5, 5.41) is 2.48. The summed E-state index contributed by atoms with van der Waals surface area (Å²) in [4.78, 5) is 18.0. The summed E-state index contributed by atoms with van der Waals surface area (Å²) in [5.74, 6) is -2.72. The van der Waals surface area contributed by atoms with Gasteiger partial charge in [0.15, 0.2) is 0 Å². The molecule has 0 unspecified atom stereocenters. The van der Waals surface area contributed by atoms with Gasteiger partial charge in [0.25, 0.3) is 5.91 Å². The number of hydrogen-bond donors (Lipinski definition) is 3. The Kier molecular flexibility index (Phi) is 4.61. The highest BCUT2D eigenvalue weighted by molar-refractivity contribution is 6.07. The maximum absolute atomic E-state index is 13.1. The van der Waals surface area contributed by atoms with Crippen LogP contribution in [0.25, 0.3) is 11.3 Å². The topological polar surface area (TPSA) is 83.8 Å². The summed E-state index contributed by atoms with van der Waals surface area (Å²) < 4.78 is 52.3. The van der Waals surface area contributed by atoms with Crippen LogP contribution in [-0.2, 0) is 6.18 Å². The average Bonchev–Trinajstić information content (AvgIpc) is 3.05. The zero-order chi connectivity index (χ0) is 19.8. The first-order valence-electron chi connectivity index (χ1n) is 7.76. The van der Waals surface area contributed by atoms with Gasteiger partial charge in [-0.25, -0.2) is 9.37 Å². The van der Waals surface area contributed by atoms with E-state index >= 15 is 0 Å². The Balaban J connectivity index is 2.01. The van der Waals surface area contributed by atoms with Crippen molar-refractivity contribution < 1.29 is 22.4 Å². The highest BCUT2D eigenvalue weighted by atomic mass is 19.4. The Morgan fingerprint density at radius 1 is 1.15 bits per heavy atom. The summed E-state index contributed by atoms with van der Waals surface area (Å²) in [6, 6.07) is 9.35. The third kappa shape index (κ3) is 3.91. The molecular formula is C18H14F4N4O. The highest BCUT2D eigenvalue weighted by Gasteiger charge is 2.37. The monoisotopic (exact) mass is 378 g/mol. The van der Waals surface area contributed by atoms with Gasteiger partial charge in [0.2, 0.25) is 5.82 Å². The second-order valence-corrected chi connectivity index (χ2v) is 5.84. The predicted octanol–water partition coefficient (Wildman–Crippen LogP) is 4.38. The number of aromatic amines is 1. The van der Waals surface area contributed by atoms with Crippen LogP contribution in [0.5, 0.6) is 0 Å². The number of anilines is 2. The fourth-order valence-electron chi connectivity index (χ4n) is 2.40. The van der Waals surface area contributed by atoms with Gasteiger partial charge in [-0.1, -0.05) is 6.07 Å². The minimum Gasteiger partial charge on any atom is -0.398 e. The van der Waals surface area contributed by atoms with Crippen molar-refractivity contribution in [2.75, 3.05) is 11.1 Å².